The Morgan fingerprint density at radius 2 is 2.04 bits per heavy atom. The third kappa shape index (κ3) is 3.30. The van der Waals surface area contributed by atoms with Crippen molar-refractivity contribution in [3.8, 4) is 5.75 Å². The Morgan fingerprint density at radius 3 is 2.63 bits per heavy atom. The van der Waals surface area contributed by atoms with Crippen LogP contribution in [0, 0.1) is 0 Å². The average Bonchev–Trinajstić information content (AvgIpc) is 2.91. The van der Waals surface area contributed by atoms with Gasteiger partial charge in [-0.05, 0) is 47.4 Å². The molecule has 6 nitrogen and oxygen atoms in total. The number of ether oxygens (including phenoxy) is 1. The molecule has 1 aliphatic carbocycles. The zero-order valence-electron chi connectivity index (χ0n) is 15.8. The molecule has 2 aromatic rings. The number of hydrogen-bond acceptors (Lipinski definition) is 5. The molecule has 1 aromatic heterocycles. The number of pyridine rings is 1. The van der Waals surface area contributed by atoms with Crippen LogP contribution in [0.3, 0.4) is 0 Å². The molecule has 3 rings (SSSR count). The van der Waals surface area contributed by atoms with Crippen molar-refractivity contribution >= 4 is 23.6 Å². The molecule has 1 aromatic carbocycles. The number of aromatic nitrogens is 1. The number of carbonyl (C=O) groups excluding carboxylic acids is 1. The van der Waals surface area contributed by atoms with E-state index in [-0.39, 0.29) is 12.3 Å². The zero-order chi connectivity index (χ0) is 19.7. The average molecular weight is 366 g/mol. The molecule has 0 bridgehead atoms. The highest BCUT2D eigenvalue weighted by atomic mass is 16.5. The summed E-state index contributed by atoms with van der Waals surface area (Å²) in [6.45, 7) is 1.93. The van der Waals surface area contributed by atoms with Crippen molar-refractivity contribution in [2.45, 2.75) is 19.3 Å². The van der Waals surface area contributed by atoms with Crippen LogP contribution < -0.4 is 9.64 Å². The maximum absolute atomic E-state index is 11.7. The van der Waals surface area contributed by atoms with E-state index in [0.29, 0.717) is 11.3 Å². The van der Waals surface area contributed by atoms with E-state index in [1.807, 2.05) is 50.2 Å². The lowest BCUT2D eigenvalue weighted by Gasteiger charge is -2.20. The quantitative estimate of drug-likeness (QED) is 0.790. The normalized spacial score (nSPS) is 15.5. The Morgan fingerprint density at radius 1 is 1.30 bits per heavy atom. The summed E-state index contributed by atoms with van der Waals surface area (Å²) in [5.74, 6) is 0.329. The molecule has 0 radical (unpaired) electrons. The molecule has 27 heavy (non-hydrogen) atoms. The first-order valence-corrected chi connectivity index (χ1v) is 8.59. The second-order valence-corrected chi connectivity index (χ2v) is 6.80. The van der Waals surface area contributed by atoms with Gasteiger partial charge in [0.1, 0.15) is 11.6 Å². The fourth-order valence-corrected chi connectivity index (χ4v) is 3.64. The van der Waals surface area contributed by atoms with Gasteiger partial charge in [0.25, 0.3) is 0 Å². The third-order valence-corrected chi connectivity index (χ3v) is 4.98. The van der Waals surface area contributed by atoms with E-state index in [2.05, 4.69) is 4.98 Å². The van der Waals surface area contributed by atoms with Crippen LogP contribution in [0.25, 0.3) is 5.57 Å². The minimum atomic E-state index is -0.891. The Kier molecular flexibility index (Phi) is 4.99. The van der Waals surface area contributed by atoms with Crippen LogP contribution in [-0.4, -0.2) is 43.6 Å². The van der Waals surface area contributed by atoms with Gasteiger partial charge >= 0.3 is 5.97 Å². The monoisotopic (exact) mass is 366 g/mol. The fraction of sp³-hybridized carbons (Fsp3) is 0.286. The second-order valence-electron chi connectivity index (χ2n) is 6.80. The summed E-state index contributed by atoms with van der Waals surface area (Å²) >= 11 is 0. The highest BCUT2D eigenvalue weighted by Crippen LogP contribution is 2.48. The Hall–Kier alpha value is -3.15. The topological polar surface area (TPSA) is 79.7 Å². The van der Waals surface area contributed by atoms with Crippen LogP contribution in [0.15, 0.2) is 36.0 Å². The summed E-state index contributed by atoms with van der Waals surface area (Å²) in [6, 6.07) is 7.57. The summed E-state index contributed by atoms with van der Waals surface area (Å²) < 4.78 is 5.32. The molecule has 0 amide bonds. The first-order valence-electron chi connectivity index (χ1n) is 8.59. The molecule has 0 spiro atoms. The highest BCUT2D eigenvalue weighted by Gasteiger charge is 2.33. The van der Waals surface area contributed by atoms with Crippen LogP contribution in [0.5, 0.6) is 5.75 Å². The summed E-state index contributed by atoms with van der Waals surface area (Å²) in [5.41, 5.74) is 4.86. The molecule has 1 N–H and O–H groups in total. The van der Waals surface area contributed by atoms with Crippen LogP contribution in [0.4, 0.5) is 5.82 Å². The van der Waals surface area contributed by atoms with Crippen LogP contribution >= 0.6 is 0 Å². The zero-order valence-corrected chi connectivity index (χ0v) is 15.8. The molecule has 0 saturated heterocycles. The lowest BCUT2D eigenvalue weighted by molar-refractivity contribution is -0.135. The van der Waals surface area contributed by atoms with Gasteiger partial charge in [-0.1, -0.05) is 11.6 Å². The van der Waals surface area contributed by atoms with E-state index < -0.39 is 5.97 Å². The molecular formula is C21H22N2O4. The number of aliphatic carboxylic acids is 1. The maximum atomic E-state index is 11.7. The van der Waals surface area contributed by atoms with Crippen molar-refractivity contribution < 1.29 is 19.4 Å². The number of rotatable bonds is 6. The van der Waals surface area contributed by atoms with E-state index in [1.165, 1.54) is 0 Å². The van der Waals surface area contributed by atoms with Crippen molar-refractivity contribution in [2.75, 3.05) is 26.1 Å². The predicted octanol–water partition coefficient (Wildman–Crippen LogP) is 3.36. The largest absolute Gasteiger partial charge is 0.497 e. The molecule has 0 aliphatic heterocycles. The van der Waals surface area contributed by atoms with E-state index in [0.717, 1.165) is 39.9 Å². The number of hydrogen-bond donors (Lipinski definition) is 1. The molecule has 1 atom stereocenters. The van der Waals surface area contributed by atoms with Crippen LogP contribution in [0.2, 0.25) is 0 Å². The molecule has 1 aliphatic rings. The molecule has 1 heterocycles. The van der Waals surface area contributed by atoms with Gasteiger partial charge in [-0.25, -0.2) is 4.98 Å². The first-order chi connectivity index (χ1) is 12.9. The SMILES string of the molecule is COc1ccc2c(c1)C(CC(=O)O)=C(C)C2c1cc(N(C)C)ncc1C=O. The first kappa shape index (κ1) is 18.6. The number of allylic oxidation sites excluding steroid dienone is 1. The van der Waals surface area contributed by atoms with Gasteiger partial charge in [0.05, 0.1) is 13.5 Å². The number of methoxy groups -OCH3 is 1. The lowest BCUT2D eigenvalue weighted by atomic mass is 9.87. The van der Waals surface area contributed by atoms with Crippen molar-refractivity contribution in [1.82, 2.24) is 4.98 Å². The van der Waals surface area contributed by atoms with E-state index in [1.54, 1.807) is 13.3 Å². The van der Waals surface area contributed by atoms with Crippen LogP contribution in [-0.2, 0) is 4.79 Å². The van der Waals surface area contributed by atoms with Gasteiger partial charge in [0, 0.05) is 31.8 Å². The van der Waals surface area contributed by atoms with Crippen molar-refractivity contribution in [3.63, 3.8) is 0 Å². The third-order valence-electron chi connectivity index (χ3n) is 4.98. The Balaban J connectivity index is 2.25. The number of carboxylic acids is 1. The number of anilines is 1. The summed E-state index contributed by atoms with van der Waals surface area (Å²) in [5, 5.41) is 9.38. The molecule has 0 fully saturated rings. The van der Waals surface area contributed by atoms with Gasteiger partial charge in [-0.2, -0.15) is 0 Å². The van der Waals surface area contributed by atoms with Gasteiger partial charge < -0.3 is 14.7 Å². The van der Waals surface area contributed by atoms with Crippen molar-refractivity contribution in [1.29, 1.82) is 0 Å². The van der Waals surface area contributed by atoms with E-state index >= 15 is 0 Å². The number of fused-ring (bicyclic) bond motifs is 1. The van der Waals surface area contributed by atoms with Gasteiger partial charge in [0.15, 0.2) is 6.29 Å². The predicted molar refractivity (Wildman–Crippen MR) is 104 cm³/mol. The molecular weight excluding hydrogens is 344 g/mol. The highest BCUT2D eigenvalue weighted by molar-refractivity contribution is 5.91. The number of nitrogens with zero attached hydrogens (tertiary/aromatic N) is 2. The molecule has 6 heteroatoms. The number of aldehydes is 1. The van der Waals surface area contributed by atoms with E-state index in [9.17, 15) is 14.7 Å². The van der Waals surface area contributed by atoms with E-state index in [4.69, 9.17) is 4.74 Å². The summed E-state index contributed by atoms with van der Waals surface area (Å²) in [6.07, 6.45) is 2.29. The number of carbonyl (C=O) groups is 2. The molecule has 140 valence electrons. The van der Waals surface area contributed by atoms with Crippen molar-refractivity contribution in [3.05, 3.63) is 58.3 Å². The standard InChI is InChI=1S/C21H22N2O4/c1-12-16(9-20(25)26)18-7-14(27-4)5-6-15(18)21(12)17-8-19(23(2)3)22-10-13(17)11-24/h5-8,10-11,21H,9H2,1-4H3,(H,25,26). The van der Waals surface area contributed by atoms with Gasteiger partial charge in [-0.15, -0.1) is 0 Å². The smallest absolute Gasteiger partial charge is 0.307 e. The number of benzene rings is 1. The second kappa shape index (κ2) is 7.23. The maximum Gasteiger partial charge on any atom is 0.307 e. The van der Waals surface area contributed by atoms with Crippen molar-refractivity contribution in [2.24, 2.45) is 0 Å². The Labute approximate surface area is 158 Å². The molecule has 0 saturated carbocycles. The van der Waals surface area contributed by atoms with Gasteiger partial charge in [0.2, 0.25) is 0 Å². The number of carboxylic acid groups (broad SMARTS) is 1. The summed E-state index contributed by atoms with van der Waals surface area (Å²) in [4.78, 5) is 29.3. The van der Waals surface area contributed by atoms with Crippen LogP contribution in [0.1, 0.15) is 46.3 Å². The van der Waals surface area contributed by atoms with Gasteiger partial charge in [-0.3, -0.25) is 9.59 Å². The molecule has 1 unspecified atom stereocenters. The fourth-order valence-electron chi connectivity index (χ4n) is 3.64. The lowest BCUT2D eigenvalue weighted by Crippen LogP contribution is -2.13. The minimum Gasteiger partial charge on any atom is -0.497 e. The summed E-state index contributed by atoms with van der Waals surface area (Å²) in [7, 11) is 5.36. The minimum absolute atomic E-state index is 0.0788. The Bertz CT molecular complexity index is 947.